The number of ether oxygens (including phenoxy) is 6. The van der Waals surface area contributed by atoms with Gasteiger partial charge in [-0.1, -0.05) is 82.2 Å². The highest BCUT2D eigenvalue weighted by atomic mass is 16.6. The van der Waals surface area contributed by atoms with Crippen molar-refractivity contribution in [2.24, 2.45) is 0 Å². The molecular weight excluding hydrogens is 420 g/mol. The summed E-state index contributed by atoms with van der Waals surface area (Å²) in [5.74, 6) is 0. The van der Waals surface area contributed by atoms with Gasteiger partial charge in [0.1, 0.15) is 0 Å². The summed E-state index contributed by atoms with van der Waals surface area (Å²) >= 11 is 0. The third-order valence-electron chi connectivity index (χ3n) is 5.11. The van der Waals surface area contributed by atoms with Crippen molar-refractivity contribution in [2.45, 2.75) is 64.9 Å². The fraction of sp³-hybridized carbons (Fsp3) is 0.778. The maximum Gasteiger partial charge on any atom is 0.0718 e. The molecule has 6 heteroatoms. The van der Waals surface area contributed by atoms with Crippen molar-refractivity contribution in [2.75, 3.05) is 72.7 Å². The zero-order chi connectivity index (χ0) is 23.5. The summed E-state index contributed by atoms with van der Waals surface area (Å²) in [4.78, 5) is 0. The van der Waals surface area contributed by atoms with E-state index in [1.807, 2.05) is 18.2 Å². The van der Waals surface area contributed by atoms with Gasteiger partial charge in [0.2, 0.25) is 0 Å². The molecule has 0 unspecified atom stereocenters. The zero-order valence-electron chi connectivity index (χ0n) is 21.0. The molecule has 1 aromatic rings. The van der Waals surface area contributed by atoms with Gasteiger partial charge in [-0.3, -0.25) is 0 Å². The molecule has 0 heterocycles. The molecule has 33 heavy (non-hydrogen) atoms. The predicted octanol–water partition coefficient (Wildman–Crippen LogP) is 5.43. The van der Waals surface area contributed by atoms with Crippen molar-refractivity contribution in [1.29, 1.82) is 0 Å². The van der Waals surface area contributed by atoms with E-state index in [0.29, 0.717) is 72.7 Å². The summed E-state index contributed by atoms with van der Waals surface area (Å²) in [6, 6.07) is 10.1. The fourth-order valence-corrected chi connectivity index (χ4v) is 3.20. The maximum absolute atomic E-state index is 5.61. The molecule has 0 saturated carbocycles. The molecular formula is C27H48O6. The Balaban J connectivity index is 1.64. The topological polar surface area (TPSA) is 55.4 Å². The predicted molar refractivity (Wildman–Crippen MR) is 133 cm³/mol. The summed E-state index contributed by atoms with van der Waals surface area (Å²) in [5.41, 5.74) is 1.17. The van der Waals surface area contributed by atoms with Gasteiger partial charge in [0.05, 0.1) is 72.7 Å². The fourth-order valence-electron chi connectivity index (χ4n) is 3.20. The summed E-state index contributed by atoms with van der Waals surface area (Å²) in [7, 11) is 0. The molecule has 0 fully saturated rings. The Morgan fingerprint density at radius 1 is 0.424 bits per heavy atom. The molecule has 0 aromatic heterocycles. The first-order valence-corrected chi connectivity index (χ1v) is 12.9. The van der Waals surface area contributed by atoms with Crippen molar-refractivity contribution < 1.29 is 28.4 Å². The van der Waals surface area contributed by atoms with Crippen LogP contribution in [0.25, 0.3) is 0 Å². The van der Waals surface area contributed by atoms with Crippen molar-refractivity contribution in [1.82, 2.24) is 0 Å². The average molecular weight is 469 g/mol. The molecule has 6 nitrogen and oxygen atoms in total. The van der Waals surface area contributed by atoms with Gasteiger partial charge in [-0.05, 0) is 12.0 Å². The second kappa shape index (κ2) is 25.6. The summed E-state index contributed by atoms with van der Waals surface area (Å²) in [6.07, 6.45) is 10.6. The summed E-state index contributed by atoms with van der Waals surface area (Å²) in [5, 5.41) is 0. The van der Waals surface area contributed by atoms with Crippen LogP contribution in [0.2, 0.25) is 0 Å². The molecule has 1 aromatic carbocycles. The van der Waals surface area contributed by atoms with Gasteiger partial charge in [-0.2, -0.15) is 0 Å². The Morgan fingerprint density at radius 2 is 0.818 bits per heavy atom. The third kappa shape index (κ3) is 22.5. The molecule has 0 aliphatic rings. The maximum atomic E-state index is 5.61. The normalized spacial score (nSPS) is 11.3. The van der Waals surface area contributed by atoms with E-state index in [0.717, 1.165) is 13.0 Å². The zero-order valence-corrected chi connectivity index (χ0v) is 21.0. The van der Waals surface area contributed by atoms with Crippen LogP contribution < -0.4 is 0 Å². The van der Waals surface area contributed by atoms with Crippen molar-refractivity contribution in [3.8, 4) is 0 Å². The second-order valence-electron chi connectivity index (χ2n) is 8.07. The molecule has 0 spiro atoms. The van der Waals surface area contributed by atoms with Crippen molar-refractivity contribution >= 4 is 0 Å². The molecule has 0 saturated heterocycles. The molecule has 1 rings (SSSR count). The van der Waals surface area contributed by atoms with Crippen molar-refractivity contribution in [3.63, 3.8) is 0 Å². The molecule has 0 bridgehead atoms. The lowest BCUT2D eigenvalue weighted by Gasteiger charge is -2.08. The lowest BCUT2D eigenvalue weighted by Crippen LogP contribution is -2.14. The molecule has 0 N–H and O–H groups in total. The highest BCUT2D eigenvalue weighted by Crippen LogP contribution is 2.08. The van der Waals surface area contributed by atoms with Crippen LogP contribution in [0.5, 0.6) is 0 Å². The Kier molecular flexibility index (Phi) is 23.3. The minimum atomic E-state index is 0.564. The van der Waals surface area contributed by atoms with Gasteiger partial charge in [-0.25, -0.2) is 0 Å². The Hall–Kier alpha value is -1.02. The van der Waals surface area contributed by atoms with Crippen LogP contribution in [0.3, 0.4) is 0 Å². The minimum Gasteiger partial charge on any atom is -0.379 e. The lowest BCUT2D eigenvalue weighted by molar-refractivity contribution is -0.0178. The Morgan fingerprint density at radius 3 is 1.30 bits per heavy atom. The SMILES string of the molecule is CCCCCCCCCCOCCOCCOCCOCCOCCOCc1ccccc1. The second-order valence-corrected chi connectivity index (χ2v) is 8.07. The smallest absolute Gasteiger partial charge is 0.0718 e. The van der Waals surface area contributed by atoms with E-state index < -0.39 is 0 Å². The first kappa shape index (κ1) is 30.0. The summed E-state index contributed by atoms with van der Waals surface area (Å²) < 4.78 is 33.1. The van der Waals surface area contributed by atoms with E-state index in [1.165, 1.54) is 50.5 Å². The molecule has 0 radical (unpaired) electrons. The van der Waals surface area contributed by atoms with Gasteiger partial charge in [0.25, 0.3) is 0 Å². The van der Waals surface area contributed by atoms with Crippen molar-refractivity contribution in [3.05, 3.63) is 35.9 Å². The van der Waals surface area contributed by atoms with Gasteiger partial charge < -0.3 is 28.4 Å². The number of rotatable bonds is 26. The van der Waals surface area contributed by atoms with E-state index in [4.69, 9.17) is 28.4 Å². The van der Waals surface area contributed by atoms with E-state index in [2.05, 4.69) is 19.1 Å². The first-order chi connectivity index (χ1) is 16.4. The summed E-state index contributed by atoms with van der Waals surface area (Å²) in [6.45, 7) is 9.61. The number of benzene rings is 1. The number of hydrogen-bond donors (Lipinski definition) is 0. The monoisotopic (exact) mass is 468 g/mol. The molecule has 0 amide bonds. The minimum absolute atomic E-state index is 0.564. The van der Waals surface area contributed by atoms with Crippen LogP contribution in [0.15, 0.2) is 30.3 Å². The quantitative estimate of drug-likeness (QED) is 0.169. The molecule has 0 aliphatic carbocycles. The highest BCUT2D eigenvalue weighted by Gasteiger charge is 1.96. The Bertz CT molecular complexity index is 485. The van der Waals surface area contributed by atoms with Crippen LogP contribution in [0.4, 0.5) is 0 Å². The Labute approximate surface area is 202 Å². The van der Waals surface area contributed by atoms with E-state index in [-0.39, 0.29) is 0 Å². The van der Waals surface area contributed by atoms with Gasteiger partial charge in [0.15, 0.2) is 0 Å². The molecule has 192 valence electrons. The van der Waals surface area contributed by atoms with Crippen LogP contribution in [0, 0.1) is 0 Å². The average Bonchev–Trinajstić information content (AvgIpc) is 2.84. The third-order valence-corrected chi connectivity index (χ3v) is 5.11. The van der Waals surface area contributed by atoms with Gasteiger partial charge in [-0.15, -0.1) is 0 Å². The largest absolute Gasteiger partial charge is 0.379 e. The van der Waals surface area contributed by atoms with Gasteiger partial charge in [0, 0.05) is 6.61 Å². The molecule has 0 atom stereocenters. The van der Waals surface area contributed by atoms with E-state index >= 15 is 0 Å². The van der Waals surface area contributed by atoms with Crippen LogP contribution in [0.1, 0.15) is 63.9 Å². The van der Waals surface area contributed by atoms with Crippen LogP contribution in [-0.4, -0.2) is 72.7 Å². The first-order valence-electron chi connectivity index (χ1n) is 12.9. The molecule has 0 aliphatic heterocycles. The highest BCUT2D eigenvalue weighted by molar-refractivity contribution is 5.13. The van der Waals surface area contributed by atoms with Gasteiger partial charge >= 0.3 is 0 Å². The number of unbranched alkanes of at least 4 members (excludes halogenated alkanes) is 7. The standard InChI is InChI=1S/C27H48O6/c1-2-3-4-5-6-7-8-12-15-28-16-17-29-18-19-30-20-21-31-22-23-32-24-25-33-26-27-13-10-9-11-14-27/h9-11,13-14H,2-8,12,15-26H2,1H3. The van der Waals surface area contributed by atoms with Crippen LogP contribution >= 0.6 is 0 Å². The van der Waals surface area contributed by atoms with E-state index in [1.54, 1.807) is 0 Å². The van der Waals surface area contributed by atoms with Crippen LogP contribution in [-0.2, 0) is 35.0 Å². The lowest BCUT2D eigenvalue weighted by atomic mass is 10.1. The number of hydrogen-bond acceptors (Lipinski definition) is 6. The van der Waals surface area contributed by atoms with E-state index in [9.17, 15) is 0 Å².